The van der Waals surface area contributed by atoms with Gasteiger partial charge < -0.3 is 9.57 Å². The van der Waals surface area contributed by atoms with Crippen LogP contribution >= 0.6 is 11.3 Å². The van der Waals surface area contributed by atoms with Crippen LogP contribution in [-0.2, 0) is 16.2 Å². The molecule has 3 nitrogen and oxygen atoms in total. The molecule has 1 aromatic heterocycles. The van der Waals surface area contributed by atoms with Gasteiger partial charge in [-0.15, -0.1) is 11.3 Å². The number of aryl methyl sites for hydroxylation is 1. The molecule has 0 aliphatic carbocycles. The Morgan fingerprint density at radius 2 is 2.00 bits per heavy atom. The van der Waals surface area contributed by atoms with Gasteiger partial charge in [-0.2, -0.15) is 0 Å². The van der Waals surface area contributed by atoms with E-state index < -0.39 is 17.4 Å². The molecular formula is C17H17F2NO2S. The summed E-state index contributed by atoms with van der Waals surface area (Å²) in [5, 5.41) is 6.14. The fourth-order valence-electron chi connectivity index (χ4n) is 2.46. The molecule has 2 atom stereocenters. The van der Waals surface area contributed by atoms with Crippen molar-refractivity contribution in [3.8, 4) is 0 Å². The highest BCUT2D eigenvalue weighted by Crippen LogP contribution is 2.36. The first-order valence-corrected chi connectivity index (χ1v) is 8.17. The minimum Gasteiger partial charge on any atom is -0.360 e. The van der Waals surface area contributed by atoms with Crippen LogP contribution in [0.3, 0.4) is 0 Å². The Morgan fingerprint density at radius 3 is 2.61 bits per heavy atom. The van der Waals surface area contributed by atoms with Gasteiger partial charge in [-0.05, 0) is 36.1 Å². The summed E-state index contributed by atoms with van der Waals surface area (Å²) in [6.45, 7) is 5.45. The van der Waals surface area contributed by atoms with Crippen molar-refractivity contribution in [2.45, 2.75) is 33.2 Å². The number of benzene rings is 1. The van der Waals surface area contributed by atoms with Crippen LogP contribution in [0.2, 0.25) is 0 Å². The Morgan fingerprint density at radius 1 is 1.30 bits per heavy atom. The van der Waals surface area contributed by atoms with Crippen LogP contribution in [0.1, 0.15) is 29.9 Å². The fourth-order valence-corrected chi connectivity index (χ4v) is 3.45. The topological polar surface area (TPSA) is 30.8 Å². The minimum absolute atomic E-state index is 0.106. The van der Waals surface area contributed by atoms with Crippen molar-refractivity contribution in [2.24, 2.45) is 11.1 Å². The van der Waals surface area contributed by atoms with Crippen molar-refractivity contribution in [1.29, 1.82) is 0 Å². The zero-order chi connectivity index (χ0) is 16.6. The van der Waals surface area contributed by atoms with E-state index in [1.54, 1.807) is 18.3 Å². The maximum Gasteiger partial charge on any atom is 0.242 e. The summed E-state index contributed by atoms with van der Waals surface area (Å²) in [4.78, 5) is 6.52. The van der Waals surface area contributed by atoms with E-state index in [0.717, 1.165) is 16.2 Å². The quantitative estimate of drug-likeness (QED) is 0.814. The zero-order valence-electron chi connectivity index (χ0n) is 13.1. The van der Waals surface area contributed by atoms with Crippen molar-refractivity contribution in [3.63, 3.8) is 0 Å². The molecule has 1 aliphatic rings. The molecule has 0 saturated carbocycles. The standard InChI is InChI=1S/C17H17F2NO2S/c1-10-7-8-23-16(10)15-11(2)17(3,22-20-15)21-9-12-13(18)5-4-6-14(12)19/h4-8,11H,9H2,1-3H3. The highest BCUT2D eigenvalue weighted by Gasteiger charge is 2.44. The second-order valence-electron chi connectivity index (χ2n) is 5.73. The van der Waals surface area contributed by atoms with Crippen molar-refractivity contribution < 1.29 is 18.4 Å². The third-order valence-electron chi connectivity index (χ3n) is 4.18. The van der Waals surface area contributed by atoms with Crippen molar-refractivity contribution in [1.82, 2.24) is 0 Å². The van der Waals surface area contributed by atoms with Gasteiger partial charge in [0, 0.05) is 12.5 Å². The molecule has 0 spiro atoms. The molecule has 23 heavy (non-hydrogen) atoms. The molecule has 2 unspecified atom stereocenters. The van der Waals surface area contributed by atoms with Crippen LogP contribution in [0.25, 0.3) is 0 Å². The lowest BCUT2D eigenvalue weighted by Gasteiger charge is -2.27. The van der Waals surface area contributed by atoms with Crippen molar-refractivity contribution in [2.75, 3.05) is 0 Å². The van der Waals surface area contributed by atoms with Crippen LogP contribution in [0, 0.1) is 24.5 Å². The van der Waals surface area contributed by atoms with E-state index in [-0.39, 0.29) is 18.1 Å². The number of oxime groups is 1. The second-order valence-corrected chi connectivity index (χ2v) is 6.64. The number of halogens is 2. The molecule has 1 aliphatic heterocycles. The molecule has 0 N–H and O–H groups in total. The number of thiophene rings is 1. The monoisotopic (exact) mass is 337 g/mol. The van der Waals surface area contributed by atoms with Crippen LogP contribution in [0.15, 0.2) is 34.8 Å². The van der Waals surface area contributed by atoms with E-state index in [1.165, 1.54) is 18.2 Å². The number of rotatable bonds is 4. The van der Waals surface area contributed by atoms with E-state index in [4.69, 9.17) is 9.57 Å². The van der Waals surface area contributed by atoms with Gasteiger partial charge in [-0.25, -0.2) is 8.78 Å². The van der Waals surface area contributed by atoms with E-state index in [9.17, 15) is 8.78 Å². The molecule has 0 radical (unpaired) electrons. The largest absolute Gasteiger partial charge is 0.360 e. The molecule has 2 heterocycles. The Bertz CT molecular complexity index is 739. The number of ether oxygens (including phenoxy) is 1. The number of hydrogen-bond donors (Lipinski definition) is 0. The van der Waals surface area contributed by atoms with Crippen LogP contribution in [-0.4, -0.2) is 11.5 Å². The average molecular weight is 337 g/mol. The predicted molar refractivity (Wildman–Crippen MR) is 85.4 cm³/mol. The second kappa shape index (κ2) is 6.02. The molecule has 0 amide bonds. The maximum atomic E-state index is 13.7. The zero-order valence-corrected chi connectivity index (χ0v) is 13.9. The van der Waals surface area contributed by atoms with Crippen LogP contribution in [0.5, 0.6) is 0 Å². The smallest absolute Gasteiger partial charge is 0.242 e. The first-order chi connectivity index (χ1) is 10.9. The van der Waals surface area contributed by atoms with Gasteiger partial charge in [0.2, 0.25) is 5.79 Å². The lowest BCUT2D eigenvalue weighted by Crippen LogP contribution is -2.37. The molecule has 3 rings (SSSR count). The summed E-state index contributed by atoms with van der Waals surface area (Å²) in [5.74, 6) is -2.47. The van der Waals surface area contributed by atoms with Gasteiger partial charge in [0.15, 0.2) is 0 Å². The highest BCUT2D eigenvalue weighted by atomic mass is 32.1. The van der Waals surface area contributed by atoms with E-state index >= 15 is 0 Å². The van der Waals surface area contributed by atoms with Crippen molar-refractivity contribution in [3.05, 3.63) is 57.3 Å². The normalized spacial score (nSPS) is 23.7. The van der Waals surface area contributed by atoms with E-state index in [1.807, 2.05) is 25.3 Å². The molecule has 0 fully saturated rings. The number of nitrogens with zero attached hydrogens (tertiary/aromatic N) is 1. The molecule has 2 aromatic rings. The summed E-state index contributed by atoms with van der Waals surface area (Å²) < 4.78 is 33.1. The van der Waals surface area contributed by atoms with Gasteiger partial charge in [0.25, 0.3) is 0 Å². The predicted octanol–water partition coefficient (Wildman–Crippen LogP) is 4.64. The summed E-state index contributed by atoms with van der Waals surface area (Å²) in [7, 11) is 0. The first-order valence-electron chi connectivity index (χ1n) is 7.30. The third-order valence-corrected chi connectivity index (χ3v) is 5.22. The Kier molecular flexibility index (Phi) is 4.21. The van der Waals surface area contributed by atoms with Gasteiger partial charge >= 0.3 is 0 Å². The Labute approximate surface area is 137 Å². The fraction of sp³-hybridized carbons (Fsp3) is 0.353. The molecular weight excluding hydrogens is 320 g/mol. The van der Waals surface area contributed by atoms with Crippen LogP contribution < -0.4 is 0 Å². The molecule has 1 aromatic carbocycles. The molecule has 122 valence electrons. The van der Waals surface area contributed by atoms with Gasteiger partial charge in [0.05, 0.1) is 17.4 Å². The van der Waals surface area contributed by atoms with E-state index in [2.05, 4.69) is 5.16 Å². The Balaban J connectivity index is 1.76. The number of hydrogen-bond acceptors (Lipinski definition) is 4. The molecule has 0 bridgehead atoms. The molecule has 0 saturated heterocycles. The maximum absolute atomic E-state index is 13.7. The summed E-state index contributed by atoms with van der Waals surface area (Å²) in [5.41, 5.74) is 1.81. The first kappa shape index (κ1) is 16.1. The Hall–Kier alpha value is -1.79. The highest BCUT2D eigenvalue weighted by molar-refractivity contribution is 7.12. The summed E-state index contributed by atoms with van der Waals surface area (Å²) in [6, 6.07) is 5.76. The van der Waals surface area contributed by atoms with Crippen LogP contribution in [0.4, 0.5) is 8.78 Å². The SMILES string of the molecule is Cc1ccsc1C1=NOC(C)(OCc2c(F)cccc2F)C1C. The van der Waals surface area contributed by atoms with Gasteiger partial charge in [0.1, 0.15) is 17.3 Å². The summed E-state index contributed by atoms with van der Waals surface area (Å²) in [6.07, 6.45) is 0. The van der Waals surface area contributed by atoms with Gasteiger partial charge in [-0.1, -0.05) is 18.1 Å². The summed E-state index contributed by atoms with van der Waals surface area (Å²) >= 11 is 1.58. The minimum atomic E-state index is -1.06. The lowest BCUT2D eigenvalue weighted by atomic mass is 9.95. The lowest BCUT2D eigenvalue weighted by molar-refractivity contribution is -0.234. The molecule has 6 heteroatoms. The third kappa shape index (κ3) is 2.88. The van der Waals surface area contributed by atoms with E-state index in [0.29, 0.717) is 0 Å². The van der Waals surface area contributed by atoms with Gasteiger partial charge in [-0.3, -0.25) is 0 Å². The van der Waals surface area contributed by atoms with Crippen molar-refractivity contribution >= 4 is 17.0 Å². The average Bonchev–Trinajstić information content (AvgIpc) is 3.04.